The normalized spacial score (nSPS) is 12.8. The number of hydrogen-bond acceptors (Lipinski definition) is 3. The Bertz CT molecular complexity index is 653. The number of pyridine rings is 1. The number of halogens is 3. The van der Waals surface area contributed by atoms with Crippen molar-refractivity contribution in [2.45, 2.75) is 19.1 Å². The number of anilines is 1. The zero-order chi connectivity index (χ0) is 16.3. The van der Waals surface area contributed by atoms with Crippen LogP contribution in [0.5, 0.6) is 0 Å². The van der Waals surface area contributed by atoms with Crippen LogP contribution in [0.1, 0.15) is 17.4 Å². The monoisotopic (exact) mass is 313 g/mol. The molecule has 2 aromatic heterocycles. The second kappa shape index (κ2) is 6.04. The van der Waals surface area contributed by atoms with Crippen LogP contribution in [0.3, 0.4) is 0 Å². The molecule has 118 valence electrons. The van der Waals surface area contributed by atoms with Crippen molar-refractivity contribution in [2.75, 3.05) is 5.32 Å². The van der Waals surface area contributed by atoms with Crippen LogP contribution >= 0.6 is 0 Å². The van der Waals surface area contributed by atoms with Crippen molar-refractivity contribution in [1.29, 1.82) is 0 Å². The summed E-state index contributed by atoms with van der Waals surface area (Å²) in [5, 5.41) is 8.22. The maximum absolute atomic E-state index is 13.1. The molecular formula is C13H14F3N5O. The third-order valence-corrected chi connectivity index (χ3v) is 2.85. The highest BCUT2D eigenvalue weighted by Gasteiger charge is 2.42. The lowest BCUT2D eigenvalue weighted by Crippen LogP contribution is -2.40. The summed E-state index contributed by atoms with van der Waals surface area (Å²) in [7, 11) is 1.64. The SMILES string of the molecule is Cc1nn(C)cc1NC(=O)NC(c1ccccn1)C(F)(F)F. The van der Waals surface area contributed by atoms with Gasteiger partial charge in [-0.1, -0.05) is 6.07 Å². The van der Waals surface area contributed by atoms with Crippen LogP contribution in [0.2, 0.25) is 0 Å². The molecule has 2 aromatic rings. The average Bonchev–Trinajstić information content (AvgIpc) is 2.74. The third-order valence-electron chi connectivity index (χ3n) is 2.85. The first kappa shape index (κ1) is 15.8. The van der Waals surface area contributed by atoms with Gasteiger partial charge in [-0.05, 0) is 19.1 Å². The van der Waals surface area contributed by atoms with Crippen LogP contribution < -0.4 is 10.6 Å². The number of nitrogens with zero attached hydrogens (tertiary/aromatic N) is 3. The van der Waals surface area contributed by atoms with E-state index in [0.717, 1.165) is 0 Å². The summed E-state index contributed by atoms with van der Waals surface area (Å²) in [4.78, 5) is 15.5. The van der Waals surface area contributed by atoms with Crippen LogP contribution in [0.15, 0.2) is 30.6 Å². The van der Waals surface area contributed by atoms with Gasteiger partial charge in [0, 0.05) is 19.4 Å². The van der Waals surface area contributed by atoms with Gasteiger partial charge in [0.2, 0.25) is 0 Å². The average molecular weight is 313 g/mol. The second-order valence-corrected chi connectivity index (χ2v) is 4.63. The summed E-state index contributed by atoms with van der Waals surface area (Å²) < 4.78 is 40.7. The number of nitrogens with one attached hydrogen (secondary N) is 2. The van der Waals surface area contributed by atoms with Crippen molar-refractivity contribution in [1.82, 2.24) is 20.1 Å². The Morgan fingerprint density at radius 3 is 2.59 bits per heavy atom. The Morgan fingerprint density at radius 2 is 2.09 bits per heavy atom. The molecule has 0 aliphatic heterocycles. The van der Waals surface area contributed by atoms with Crippen LogP contribution in [-0.4, -0.2) is 27.0 Å². The number of carbonyl (C=O) groups is 1. The van der Waals surface area contributed by atoms with Gasteiger partial charge in [0.1, 0.15) is 0 Å². The van der Waals surface area contributed by atoms with Crippen molar-refractivity contribution in [3.63, 3.8) is 0 Å². The minimum atomic E-state index is -4.66. The van der Waals surface area contributed by atoms with E-state index < -0.39 is 18.2 Å². The van der Waals surface area contributed by atoms with E-state index in [1.807, 2.05) is 5.32 Å². The van der Waals surface area contributed by atoms with Crippen LogP contribution in [-0.2, 0) is 7.05 Å². The standard InChI is InChI=1S/C13H14F3N5O/c1-8-10(7-21(2)20-8)18-12(22)19-11(13(14,15)16)9-5-3-4-6-17-9/h3-7,11H,1-2H3,(H2,18,19,22). The van der Waals surface area contributed by atoms with E-state index in [1.165, 1.54) is 35.3 Å². The first-order chi connectivity index (χ1) is 10.3. The van der Waals surface area contributed by atoms with E-state index in [9.17, 15) is 18.0 Å². The molecule has 0 radical (unpaired) electrons. The number of hydrogen-bond donors (Lipinski definition) is 2. The number of rotatable bonds is 3. The Kier molecular flexibility index (Phi) is 4.34. The fourth-order valence-electron chi connectivity index (χ4n) is 1.88. The summed E-state index contributed by atoms with van der Waals surface area (Å²) in [5.74, 6) is 0. The molecule has 0 aromatic carbocycles. The predicted octanol–water partition coefficient (Wildman–Crippen LogP) is 2.55. The summed E-state index contributed by atoms with van der Waals surface area (Å²) in [5.41, 5.74) is 0.550. The molecule has 0 spiro atoms. The van der Waals surface area contributed by atoms with Crippen LogP contribution in [0, 0.1) is 6.92 Å². The molecule has 1 unspecified atom stereocenters. The topological polar surface area (TPSA) is 71.8 Å². The van der Waals surface area contributed by atoms with E-state index in [4.69, 9.17) is 0 Å². The maximum atomic E-state index is 13.1. The molecule has 2 N–H and O–H groups in total. The number of aryl methyl sites for hydroxylation is 2. The van der Waals surface area contributed by atoms with Crippen molar-refractivity contribution in [3.8, 4) is 0 Å². The molecule has 2 amide bonds. The molecule has 22 heavy (non-hydrogen) atoms. The first-order valence-electron chi connectivity index (χ1n) is 6.33. The van der Waals surface area contributed by atoms with Crippen molar-refractivity contribution < 1.29 is 18.0 Å². The Balaban J connectivity index is 2.14. The van der Waals surface area contributed by atoms with E-state index in [1.54, 1.807) is 14.0 Å². The zero-order valence-corrected chi connectivity index (χ0v) is 11.8. The molecule has 1 atom stereocenters. The number of amides is 2. The van der Waals surface area contributed by atoms with Crippen molar-refractivity contribution in [3.05, 3.63) is 42.0 Å². The number of aromatic nitrogens is 3. The Morgan fingerprint density at radius 1 is 1.36 bits per heavy atom. The van der Waals surface area contributed by atoms with Crippen LogP contribution in [0.25, 0.3) is 0 Å². The van der Waals surface area contributed by atoms with E-state index in [2.05, 4.69) is 15.4 Å². The van der Waals surface area contributed by atoms with Gasteiger partial charge in [0.05, 0.1) is 17.1 Å². The molecule has 0 aliphatic rings. The fraction of sp³-hybridized carbons (Fsp3) is 0.308. The lowest BCUT2D eigenvalue weighted by atomic mass is 10.2. The molecule has 0 saturated heterocycles. The van der Waals surface area contributed by atoms with Gasteiger partial charge >= 0.3 is 12.2 Å². The lowest BCUT2D eigenvalue weighted by molar-refractivity contribution is -0.155. The molecule has 2 heterocycles. The fourth-order valence-corrected chi connectivity index (χ4v) is 1.88. The highest BCUT2D eigenvalue weighted by atomic mass is 19.4. The van der Waals surface area contributed by atoms with Gasteiger partial charge in [0.15, 0.2) is 6.04 Å². The van der Waals surface area contributed by atoms with E-state index >= 15 is 0 Å². The zero-order valence-electron chi connectivity index (χ0n) is 11.8. The molecule has 0 aliphatic carbocycles. The van der Waals surface area contributed by atoms with E-state index in [-0.39, 0.29) is 5.69 Å². The second-order valence-electron chi connectivity index (χ2n) is 4.63. The number of alkyl halides is 3. The maximum Gasteiger partial charge on any atom is 0.414 e. The predicted molar refractivity (Wildman–Crippen MR) is 73.1 cm³/mol. The number of carbonyl (C=O) groups excluding carboxylic acids is 1. The molecule has 9 heteroatoms. The lowest BCUT2D eigenvalue weighted by Gasteiger charge is -2.21. The summed E-state index contributed by atoms with van der Waals surface area (Å²) in [6, 6.07) is 0.949. The molecule has 6 nitrogen and oxygen atoms in total. The third kappa shape index (κ3) is 3.74. The largest absolute Gasteiger partial charge is 0.414 e. The molecular weight excluding hydrogens is 299 g/mol. The van der Waals surface area contributed by atoms with Gasteiger partial charge < -0.3 is 10.6 Å². The smallest absolute Gasteiger partial charge is 0.321 e. The minimum Gasteiger partial charge on any atom is -0.321 e. The van der Waals surface area contributed by atoms with Gasteiger partial charge in [-0.2, -0.15) is 18.3 Å². The molecule has 2 rings (SSSR count). The first-order valence-corrected chi connectivity index (χ1v) is 6.33. The molecule has 0 bridgehead atoms. The van der Waals surface area contributed by atoms with Crippen LogP contribution in [0.4, 0.5) is 23.7 Å². The number of urea groups is 1. The Labute approximate surface area is 124 Å². The minimum absolute atomic E-state index is 0.284. The summed E-state index contributed by atoms with van der Waals surface area (Å²) in [6.07, 6.45) is -1.92. The highest BCUT2D eigenvalue weighted by Crippen LogP contribution is 2.31. The highest BCUT2D eigenvalue weighted by molar-refractivity contribution is 5.90. The van der Waals surface area contributed by atoms with Gasteiger partial charge in [-0.3, -0.25) is 9.67 Å². The van der Waals surface area contributed by atoms with Gasteiger partial charge in [-0.15, -0.1) is 0 Å². The van der Waals surface area contributed by atoms with Gasteiger partial charge in [-0.25, -0.2) is 4.79 Å². The quantitative estimate of drug-likeness (QED) is 0.915. The van der Waals surface area contributed by atoms with Gasteiger partial charge in [0.25, 0.3) is 0 Å². The van der Waals surface area contributed by atoms with Crippen molar-refractivity contribution >= 4 is 11.7 Å². The summed E-state index contributed by atoms with van der Waals surface area (Å²) >= 11 is 0. The molecule has 0 saturated carbocycles. The van der Waals surface area contributed by atoms with E-state index in [0.29, 0.717) is 11.4 Å². The summed E-state index contributed by atoms with van der Waals surface area (Å²) in [6.45, 7) is 1.63. The van der Waals surface area contributed by atoms with Crippen molar-refractivity contribution in [2.24, 2.45) is 7.05 Å². The Hall–Kier alpha value is -2.58. The molecule has 0 fully saturated rings.